The van der Waals surface area contributed by atoms with E-state index in [1.807, 2.05) is 36.9 Å². The number of primary amides is 1. The molecule has 22 heavy (non-hydrogen) atoms. The Labute approximate surface area is 134 Å². The largest absolute Gasteiger partial charge is 0.392 e. The van der Waals surface area contributed by atoms with Gasteiger partial charge in [0.1, 0.15) is 5.84 Å². The fraction of sp³-hybridized carbons (Fsp3) is 0.500. The Kier molecular flexibility index (Phi) is 4.40. The van der Waals surface area contributed by atoms with Crippen LogP contribution in [0.1, 0.15) is 24.0 Å². The molecule has 1 aromatic carbocycles. The first-order valence-corrected chi connectivity index (χ1v) is 8.70. The average molecular weight is 319 g/mol. The first-order chi connectivity index (χ1) is 10.6. The Hall–Kier alpha value is -1.53. The van der Waals surface area contributed by atoms with Crippen LogP contribution in [0.3, 0.4) is 0 Å². The molecule has 2 atom stereocenters. The first kappa shape index (κ1) is 15.4. The molecule has 0 bridgehead atoms. The van der Waals surface area contributed by atoms with Gasteiger partial charge >= 0.3 is 0 Å². The number of amides is 1. The molecule has 6 heteroatoms. The Morgan fingerprint density at radius 3 is 2.82 bits per heavy atom. The number of hydrogen-bond donors (Lipinski definition) is 2. The van der Waals surface area contributed by atoms with Gasteiger partial charge in [-0.25, -0.2) is 4.99 Å². The average Bonchev–Trinajstić information content (AvgIpc) is 2.83. The van der Waals surface area contributed by atoms with E-state index in [0.717, 1.165) is 47.2 Å². The fourth-order valence-electron chi connectivity index (χ4n) is 3.17. The molecule has 0 unspecified atom stereocenters. The fourth-order valence-corrected chi connectivity index (χ4v) is 4.07. The van der Waals surface area contributed by atoms with Gasteiger partial charge in [0.05, 0.1) is 17.7 Å². The molecular formula is C16H21N3O2S. The van der Waals surface area contributed by atoms with Gasteiger partial charge < -0.3 is 15.7 Å². The monoisotopic (exact) mass is 319 g/mol. The second kappa shape index (κ2) is 6.30. The van der Waals surface area contributed by atoms with Crippen LogP contribution in [-0.2, 0) is 11.2 Å². The number of carbonyl (C=O) groups is 1. The molecule has 3 rings (SSSR count). The van der Waals surface area contributed by atoms with Gasteiger partial charge in [-0.05, 0) is 36.6 Å². The summed E-state index contributed by atoms with van der Waals surface area (Å²) in [7, 11) is 0. The van der Waals surface area contributed by atoms with E-state index in [-0.39, 0.29) is 0 Å². The number of nitrogens with zero attached hydrogens (tertiary/aromatic N) is 2. The number of fused-ring (bicyclic) bond motifs is 1. The SMILES string of the molecule is CC(=Nc1ccc2c(c1)[C@@H](C(N)=O)[C@H](O)C2)N1CCSCC1. The van der Waals surface area contributed by atoms with Crippen molar-refractivity contribution in [1.82, 2.24) is 4.90 Å². The summed E-state index contributed by atoms with van der Waals surface area (Å²) in [6, 6.07) is 5.78. The van der Waals surface area contributed by atoms with Gasteiger partial charge in [-0.2, -0.15) is 11.8 Å². The number of hydrogen-bond acceptors (Lipinski definition) is 4. The minimum Gasteiger partial charge on any atom is -0.392 e. The number of aliphatic hydroxyl groups excluding tert-OH is 1. The molecule has 1 aliphatic heterocycles. The third kappa shape index (κ3) is 2.98. The second-order valence-corrected chi connectivity index (χ2v) is 7.02. The van der Waals surface area contributed by atoms with Gasteiger partial charge in [-0.1, -0.05) is 6.07 Å². The summed E-state index contributed by atoms with van der Waals surface area (Å²) in [5.41, 5.74) is 8.05. The summed E-state index contributed by atoms with van der Waals surface area (Å²) < 4.78 is 0. The summed E-state index contributed by atoms with van der Waals surface area (Å²) in [4.78, 5) is 18.5. The van der Waals surface area contributed by atoms with E-state index in [2.05, 4.69) is 9.89 Å². The quantitative estimate of drug-likeness (QED) is 0.635. The van der Waals surface area contributed by atoms with Crippen LogP contribution in [0, 0.1) is 0 Å². The lowest BCUT2D eigenvalue weighted by Crippen LogP contribution is -2.36. The van der Waals surface area contributed by atoms with Gasteiger partial charge in [0.2, 0.25) is 5.91 Å². The van der Waals surface area contributed by atoms with Crippen LogP contribution in [0.5, 0.6) is 0 Å². The molecule has 5 nitrogen and oxygen atoms in total. The smallest absolute Gasteiger partial charge is 0.227 e. The third-order valence-electron chi connectivity index (χ3n) is 4.34. The number of aliphatic hydroxyl groups is 1. The summed E-state index contributed by atoms with van der Waals surface area (Å²) in [5.74, 6) is 2.17. The van der Waals surface area contributed by atoms with Crippen molar-refractivity contribution in [2.24, 2.45) is 10.7 Å². The van der Waals surface area contributed by atoms with Crippen molar-refractivity contribution >= 4 is 29.2 Å². The first-order valence-electron chi connectivity index (χ1n) is 7.54. The highest BCUT2D eigenvalue weighted by molar-refractivity contribution is 7.99. The lowest BCUT2D eigenvalue weighted by molar-refractivity contribution is -0.121. The minimum absolute atomic E-state index is 0.475. The van der Waals surface area contributed by atoms with Crippen molar-refractivity contribution in [1.29, 1.82) is 0 Å². The van der Waals surface area contributed by atoms with Gasteiger partial charge in [-0.3, -0.25) is 4.79 Å². The molecule has 1 heterocycles. The van der Waals surface area contributed by atoms with Gasteiger partial charge in [0, 0.05) is 24.6 Å². The van der Waals surface area contributed by atoms with Gasteiger partial charge in [0.25, 0.3) is 0 Å². The van der Waals surface area contributed by atoms with E-state index in [1.54, 1.807) is 0 Å². The standard InChI is InChI=1S/C16H21N3O2S/c1-10(19-4-6-22-7-5-19)18-12-3-2-11-8-14(20)15(16(17)21)13(11)9-12/h2-3,9,14-15,20H,4-8H2,1H3,(H2,17,21)/t14-,15-/m1/s1. The number of benzene rings is 1. The minimum atomic E-state index is -0.716. The summed E-state index contributed by atoms with van der Waals surface area (Å²) in [5, 5.41) is 10.0. The number of aliphatic imine (C=N–C) groups is 1. The third-order valence-corrected chi connectivity index (χ3v) is 5.29. The molecule has 2 aliphatic rings. The molecule has 1 aromatic rings. The molecule has 1 fully saturated rings. The highest BCUT2D eigenvalue weighted by Gasteiger charge is 2.35. The summed E-state index contributed by atoms with van der Waals surface area (Å²) in [6.07, 6.45) is -0.234. The van der Waals surface area contributed by atoms with Crippen LogP contribution in [0.4, 0.5) is 5.69 Å². The summed E-state index contributed by atoms with van der Waals surface area (Å²) >= 11 is 1.97. The summed E-state index contributed by atoms with van der Waals surface area (Å²) in [6.45, 7) is 4.06. The zero-order chi connectivity index (χ0) is 15.7. The molecule has 1 amide bonds. The van der Waals surface area contributed by atoms with E-state index >= 15 is 0 Å². The number of rotatable bonds is 2. The zero-order valence-corrected chi connectivity index (χ0v) is 13.5. The normalized spacial score (nSPS) is 25.2. The molecule has 0 saturated carbocycles. The lowest BCUT2D eigenvalue weighted by Gasteiger charge is -2.27. The molecule has 0 radical (unpaired) electrons. The van der Waals surface area contributed by atoms with Gasteiger partial charge in [-0.15, -0.1) is 0 Å². The predicted octanol–water partition coefficient (Wildman–Crippen LogP) is 1.27. The van der Waals surface area contributed by atoms with Crippen molar-refractivity contribution in [2.45, 2.75) is 25.4 Å². The van der Waals surface area contributed by atoms with Crippen LogP contribution < -0.4 is 5.73 Å². The Morgan fingerprint density at radius 1 is 1.41 bits per heavy atom. The molecule has 118 valence electrons. The Morgan fingerprint density at radius 2 is 2.14 bits per heavy atom. The number of amidine groups is 1. The highest BCUT2D eigenvalue weighted by atomic mass is 32.2. The molecule has 0 aromatic heterocycles. The number of nitrogens with two attached hydrogens (primary N) is 1. The van der Waals surface area contributed by atoms with Crippen LogP contribution in [-0.4, -0.2) is 52.4 Å². The van der Waals surface area contributed by atoms with Crippen molar-refractivity contribution in [3.05, 3.63) is 29.3 Å². The maximum Gasteiger partial charge on any atom is 0.227 e. The molecule has 1 aliphatic carbocycles. The van der Waals surface area contributed by atoms with E-state index in [9.17, 15) is 9.90 Å². The van der Waals surface area contributed by atoms with Crippen molar-refractivity contribution in [3.63, 3.8) is 0 Å². The topological polar surface area (TPSA) is 78.9 Å². The Balaban J connectivity index is 1.86. The van der Waals surface area contributed by atoms with E-state index in [0.29, 0.717) is 6.42 Å². The van der Waals surface area contributed by atoms with Crippen LogP contribution in [0.2, 0.25) is 0 Å². The molecule has 3 N–H and O–H groups in total. The predicted molar refractivity (Wildman–Crippen MR) is 89.8 cm³/mol. The van der Waals surface area contributed by atoms with Crippen LogP contribution >= 0.6 is 11.8 Å². The van der Waals surface area contributed by atoms with Crippen LogP contribution in [0.25, 0.3) is 0 Å². The maximum atomic E-state index is 11.6. The van der Waals surface area contributed by atoms with E-state index < -0.39 is 17.9 Å². The Bertz CT molecular complexity index is 611. The highest BCUT2D eigenvalue weighted by Crippen LogP contribution is 2.35. The van der Waals surface area contributed by atoms with Crippen molar-refractivity contribution in [3.8, 4) is 0 Å². The maximum absolute atomic E-state index is 11.6. The van der Waals surface area contributed by atoms with Crippen molar-refractivity contribution in [2.75, 3.05) is 24.6 Å². The number of carbonyl (C=O) groups excluding carboxylic acids is 1. The van der Waals surface area contributed by atoms with E-state index in [4.69, 9.17) is 5.73 Å². The van der Waals surface area contributed by atoms with Crippen molar-refractivity contribution < 1.29 is 9.90 Å². The molecule has 1 saturated heterocycles. The second-order valence-electron chi connectivity index (χ2n) is 5.79. The molecule has 0 spiro atoms. The van der Waals surface area contributed by atoms with E-state index in [1.165, 1.54) is 0 Å². The molecular weight excluding hydrogens is 298 g/mol. The van der Waals surface area contributed by atoms with Gasteiger partial charge in [0.15, 0.2) is 0 Å². The van der Waals surface area contributed by atoms with Crippen LogP contribution in [0.15, 0.2) is 23.2 Å². The zero-order valence-electron chi connectivity index (χ0n) is 12.7. The lowest BCUT2D eigenvalue weighted by atomic mass is 9.99. The number of thioether (sulfide) groups is 1.